The molecule has 1 aliphatic rings. The van der Waals surface area contributed by atoms with Crippen LogP contribution in [-0.2, 0) is 4.79 Å². The average Bonchev–Trinajstić information content (AvgIpc) is 2.45. The molecule has 108 valence electrons. The summed E-state index contributed by atoms with van der Waals surface area (Å²) in [7, 11) is 0. The van der Waals surface area contributed by atoms with Crippen LogP contribution < -0.4 is 16.4 Å². The van der Waals surface area contributed by atoms with E-state index in [9.17, 15) is 9.59 Å². The van der Waals surface area contributed by atoms with Gasteiger partial charge in [-0.1, -0.05) is 0 Å². The van der Waals surface area contributed by atoms with E-state index in [1.807, 2.05) is 0 Å². The van der Waals surface area contributed by atoms with Crippen molar-refractivity contribution in [3.05, 3.63) is 23.4 Å². The fourth-order valence-corrected chi connectivity index (χ4v) is 2.19. The highest BCUT2D eigenvalue weighted by molar-refractivity contribution is 5.99. The lowest BCUT2D eigenvalue weighted by Gasteiger charge is -2.27. The third-order valence-electron chi connectivity index (χ3n) is 3.28. The van der Waals surface area contributed by atoms with Crippen molar-refractivity contribution in [2.45, 2.75) is 6.92 Å². The molecule has 2 amide bonds. The molecule has 2 rings (SSSR count). The maximum atomic E-state index is 12.0. The predicted octanol–water partition coefficient (Wildman–Crippen LogP) is -0.667. The smallest absolute Gasteiger partial charge is 0.252 e. The third kappa shape index (κ3) is 3.24. The number of nitrogens with one attached hydrogen (secondary N) is 2. The van der Waals surface area contributed by atoms with Crippen LogP contribution in [0.5, 0.6) is 0 Å². The molecule has 1 aromatic rings. The van der Waals surface area contributed by atoms with Crippen LogP contribution in [0.15, 0.2) is 12.3 Å². The summed E-state index contributed by atoms with van der Waals surface area (Å²) in [5.74, 6) is -0.195. The van der Waals surface area contributed by atoms with E-state index >= 15 is 0 Å². The molecular formula is C13H19N5O2. The van der Waals surface area contributed by atoms with Gasteiger partial charge in [-0.3, -0.25) is 9.59 Å². The van der Waals surface area contributed by atoms with E-state index in [1.165, 1.54) is 0 Å². The number of hydrogen-bond donors (Lipinski definition) is 3. The second kappa shape index (κ2) is 6.33. The van der Waals surface area contributed by atoms with Crippen LogP contribution in [0.3, 0.4) is 0 Å². The van der Waals surface area contributed by atoms with Gasteiger partial charge < -0.3 is 21.3 Å². The molecule has 1 aromatic heterocycles. The maximum absolute atomic E-state index is 12.0. The van der Waals surface area contributed by atoms with Gasteiger partial charge in [0.25, 0.3) is 5.91 Å². The molecular weight excluding hydrogens is 258 g/mol. The average molecular weight is 277 g/mol. The second-order valence-corrected chi connectivity index (χ2v) is 4.70. The van der Waals surface area contributed by atoms with Crippen LogP contribution in [0, 0.1) is 6.92 Å². The standard InChI is InChI=1S/C13H19N5O2/c1-9-2-3-16-13(11(9)12(14)20)17-8-10(19)18-6-4-15-5-7-18/h2-3,15H,4-8H2,1H3,(H2,14,20)(H,16,17). The Morgan fingerprint density at radius 3 is 2.80 bits per heavy atom. The van der Waals surface area contributed by atoms with Gasteiger partial charge >= 0.3 is 0 Å². The molecule has 0 saturated carbocycles. The summed E-state index contributed by atoms with van der Waals surface area (Å²) in [4.78, 5) is 29.3. The molecule has 0 unspecified atom stereocenters. The Bertz CT molecular complexity index is 511. The normalized spacial score (nSPS) is 14.9. The Morgan fingerprint density at radius 2 is 2.15 bits per heavy atom. The van der Waals surface area contributed by atoms with Crippen molar-refractivity contribution in [3.63, 3.8) is 0 Å². The van der Waals surface area contributed by atoms with E-state index in [1.54, 1.807) is 24.1 Å². The first-order valence-corrected chi connectivity index (χ1v) is 6.57. The van der Waals surface area contributed by atoms with Crippen molar-refractivity contribution in [2.75, 3.05) is 38.0 Å². The van der Waals surface area contributed by atoms with Crippen molar-refractivity contribution >= 4 is 17.6 Å². The Balaban J connectivity index is 2.02. The number of amides is 2. The minimum Gasteiger partial charge on any atom is -0.365 e. The first-order valence-electron chi connectivity index (χ1n) is 6.57. The molecule has 0 bridgehead atoms. The highest BCUT2D eigenvalue weighted by Gasteiger charge is 2.18. The second-order valence-electron chi connectivity index (χ2n) is 4.70. The molecule has 0 aromatic carbocycles. The number of aryl methyl sites for hydroxylation is 1. The summed E-state index contributed by atoms with van der Waals surface area (Å²) in [6.45, 7) is 4.90. The van der Waals surface area contributed by atoms with Crippen molar-refractivity contribution < 1.29 is 9.59 Å². The minimum absolute atomic E-state index is 0.00905. The summed E-state index contributed by atoms with van der Waals surface area (Å²) in [5.41, 5.74) is 6.42. The number of carbonyl (C=O) groups excluding carboxylic acids is 2. The van der Waals surface area contributed by atoms with Crippen molar-refractivity contribution in [1.82, 2.24) is 15.2 Å². The number of rotatable bonds is 4. The monoisotopic (exact) mass is 277 g/mol. The van der Waals surface area contributed by atoms with Gasteiger partial charge in [0.05, 0.1) is 12.1 Å². The van der Waals surface area contributed by atoms with Crippen LogP contribution >= 0.6 is 0 Å². The van der Waals surface area contributed by atoms with Crippen molar-refractivity contribution in [2.24, 2.45) is 5.73 Å². The maximum Gasteiger partial charge on any atom is 0.252 e. The number of piperazine rings is 1. The minimum atomic E-state index is -0.548. The molecule has 7 heteroatoms. The predicted molar refractivity (Wildman–Crippen MR) is 75.4 cm³/mol. The molecule has 1 aliphatic heterocycles. The summed E-state index contributed by atoms with van der Waals surface area (Å²) in [5, 5.41) is 6.10. The largest absolute Gasteiger partial charge is 0.365 e. The van der Waals surface area contributed by atoms with Gasteiger partial charge in [0.1, 0.15) is 5.82 Å². The van der Waals surface area contributed by atoms with Crippen molar-refractivity contribution in [3.8, 4) is 0 Å². The number of primary amides is 1. The molecule has 4 N–H and O–H groups in total. The van der Waals surface area contributed by atoms with Crippen LogP contribution in [0.2, 0.25) is 0 Å². The van der Waals surface area contributed by atoms with E-state index in [4.69, 9.17) is 5.73 Å². The quantitative estimate of drug-likeness (QED) is 0.678. The van der Waals surface area contributed by atoms with Gasteiger partial charge in [0.2, 0.25) is 5.91 Å². The Labute approximate surface area is 117 Å². The summed E-state index contributed by atoms with van der Waals surface area (Å²) >= 11 is 0. The summed E-state index contributed by atoms with van der Waals surface area (Å²) < 4.78 is 0. The number of nitrogens with zero attached hydrogens (tertiary/aromatic N) is 2. The SMILES string of the molecule is Cc1ccnc(NCC(=O)N2CCNCC2)c1C(N)=O. The highest BCUT2D eigenvalue weighted by atomic mass is 16.2. The third-order valence-corrected chi connectivity index (χ3v) is 3.28. The first kappa shape index (κ1) is 14.3. The van der Waals surface area contributed by atoms with Gasteiger partial charge in [-0.05, 0) is 18.6 Å². The lowest BCUT2D eigenvalue weighted by atomic mass is 10.1. The van der Waals surface area contributed by atoms with E-state index in [2.05, 4.69) is 15.6 Å². The van der Waals surface area contributed by atoms with E-state index < -0.39 is 5.91 Å². The fraction of sp³-hybridized carbons (Fsp3) is 0.462. The van der Waals surface area contributed by atoms with Crippen molar-refractivity contribution in [1.29, 1.82) is 0 Å². The van der Waals surface area contributed by atoms with Gasteiger partial charge in [0.15, 0.2) is 0 Å². The molecule has 1 saturated heterocycles. The molecule has 2 heterocycles. The zero-order valence-electron chi connectivity index (χ0n) is 11.5. The van der Waals surface area contributed by atoms with Gasteiger partial charge in [-0.15, -0.1) is 0 Å². The van der Waals surface area contributed by atoms with Gasteiger partial charge in [-0.2, -0.15) is 0 Å². The van der Waals surface area contributed by atoms with E-state index in [-0.39, 0.29) is 12.5 Å². The van der Waals surface area contributed by atoms with Gasteiger partial charge in [-0.25, -0.2) is 4.98 Å². The highest BCUT2D eigenvalue weighted by Crippen LogP contribution is 2.15. The molecule has 0 spiro atoms. The van der Waals surface area contributed by atoms with Crippen LogP contribution in [-0.4, -0.2) is 54.4 Å². The zero-order valence-corrected chi connectivity index (χ0v) is 11.5. The number of carbonyl (C=O) groups is 2. The van der Waals surface area contributed by atoms with Crippen LogP contribution in [0.1, 0.15) is 15.9 Å². The Kier molecular flexibility index (Phi) is 4.52. The summed E-state index contributed by atoms with van der Waals surface area (Å²) in [6.07, 6.45) is 1.58. The van der Waals surface area contributed by atoms with Crippen LogP contribution in [0.4, 0.5) is 5.82 Å². The van der Waals surface area contributed by atoms with Crippen LogP contribution in [0.25, 0.3) is 0 Å². The molecule has 0 aliphatic carbocycles. The lowest BCUT2D eigenvalue weighted by molar-refractivity contribution is -0.129. The molecule has 1 fully saturated rings. The Morgan fingerprint density at radius 1 is 1.45 bits per heavy atom. The number of aromatic nitrogens is 1. The zero-order chi connectivity index (χ0) is 14.5. The van der Waals surface area contributed by atoms with E-state index in [0.29, 0.717) is 24.5 Å². The number of hydrogen-bond acceptors (Lipinski definition) is 5. The van der Waals surface area contributed by atoms with Gasteiger partial charge in [0, 0.05) is 32.4 Å². The topological polar surface area (TPSA) is 100 Å². The Hall–Kier alpha value is -2.15. The molecule has 0 atom stereocenters. The number of nitrogens with two attached hydrogens (primary N) is 1. The molecule has 20 heavy (non-hydrogen) atoms. The van der Waals surface area contributed by atoms with E-state index in [0.717, 1.165) is 18.7 Å². The number of pyridine rings is 1. The first-order chi connectivity index (χ1) is 9.59. The fourth-order valence-electron chi connectivity index (χ4n) is 2.19. The summed E-state index contributed by atoms with van der Waals surface area (Å²) in [6, 6.07) is 1.71. The lowest BCUT2D eigenvalue weighted by Crippen LogP contribution is -2.48. The molecule has 7 nitrogen and oxygen atoms in total. The number of anilines is 1. The molecule has 0 radical (unpaired) electrons.